The number of hydrogen-bond acceptors (Lipinski definition) is 10. The monoisotopic (exact) mass is 490 g/mol. The molecular formula is C24H30N10O2. The predicted octanol–water partition coefficient (Wildman–Crippen LogP) is 1.95. The Labute approximate surface area is 209 Å². The number of benzene rings is 1. The van der Waals surface area contributed by atoms with E-state index in [9.17, 15) is 4.79 Å². The van der Waals surface area contributed by atoms with Gasteiger partial charge in [-0.2, -0.15) is 25.1 Å². The summed E-state index contributed by atoms with van der Waals surface area (Å²) in [5.41, 5.74) is 2.06. The molecule has 0 spiro atoms. The lowest BCUT2D eigenvalue weighted by molar-refractivity contribution is 0.122. The molecule has 3 aromatic rings. The van der Waals surface area contributed by atoms with Gasteiger partial charge in [0.15, 0.2) is 5.82 Å². The molecule has 0 saturated carbocycles. The van der Waals surface area contributed by atoms with Crippen molar-refractivity contribution in [3.63, 3.8) is 0 Å². The van der Waals surface area contributed by atoms with E-state index in [0.29, 0.717) is 42.3 Å². The molecule has 0 unspecified atom stereocenters. The highest BCUT2D eigenvalue weighted by atomic mass is 16.5. The van der Waals surface area contributed by atoms with Crippen molar-refractivity contribution in [1.82, 2.24) is 30.0 Å². The second-order valence-corrected chi connectivity index (χ2v) is 8.79. The molecule has 2 aliphatic heterocycles. The third kappa shape index (κ3) is 6.01. The van der Waals surface area contributed by atoms with Crippen molar-refractivity contribution >= 4 is 29.3 Å². The Bertz CT molecular complexity index is 1160. The van der Waals surface area contributed by atoms with Crippen molar-refractivity contribution in [1.29, 1.82) is 0 Å². The van der Waals surface area contributed by atoms with Gasteiger partial charge in [-0.05, 0) is 50.3 Å². The second-order valence-electron chi connectivity index (χ2n) is 8.79. The van der Waals surface area contributed by atoms with E-state index in [0.717, 1.165) is 51.3 Å². The third-order valence-corrected chi connectivity index (χ3v) is 6.15. The summed E-state index contributed by atoms with van der Waals surface area (Å²) in [4.78, 5) is 33.5. The molecular weight excluding hydrogens is 460 g/mol. The van der Waals surface area contributed by atoms with Crippen LogP contribution in [0.5, 0.6) is 0 Å². The van der Waals surface area contributed by atoms with Gasteiger partial charge in [-0.1, -0.05) is 0 Å². The standard InChI is InChI=1S/C24H30N10O2/c1-32-9-2-10-33(12-11-32)22-29-21(30-23(31-22)34-13-15-36-16-14-34)18-3-5-19(6-4-18)27-24(35)28-20-7-8-25-26-17-20/h3-8,17H,2,9-16H2,1H3,(H2,25,27,28,35). The highest BCUT2D eigenvalue weighted by molar-refractivity contribution is 5.99. The molecule has 2 fully saturated rings. The highest BCUT2D eigenvalue weighted by Gasteiger charge is 2.21. The van der Waals surface area contributed by atoms with Crippen LogP contribution in [0.25, 0.3) is 11.4 Å². The van der Waals surface area contributed by atoms with Crippen LogP contribution in [-0.4, -0.2) is 95.6 Å². The zero-order valence-corrected chi connectivity index (χ0v) is 20.3. The quantitative estimate of drug-likeness (QED) is 0.548. The summed E-state index contributed by atoms with van der Waals surface area (Å²) in [6, 6.07) is 8.78. The summed E-state index contributed by atoms with van der Waals surface area (Å²) in [5.74, 6) is 1.98. The number of morpholine rings is 1. The van der Waals surface area contributed by atoms with Crippen LogP contribution >= 0.6 is 0 Å². The first kappa shape index (κ1) is 23.8. The molecule has 2 amide bonds. The minimum atomic E-state index is -0.362. The van der Waals surface area contributed by atoms with Crippen LogP contribution in [-0.2, 0) is 4.74 Å². The first-order chi connectivity index (χ1) is 17.6. The van der Waals surface area contributed by atoms with Gasteiger partial charge in [0.25, 0.3) is 0 Å². The summed E-state index contributed by atoms with van der Waals surface area (Å²) < 4.78 is 5.52. The molecule has 2 aromatic heterocycles. The summed E-state index contributed by atoms with van der Waals surface area (Å²) in [5, 5.41) is 13.0. The van der Waals surface area contributed by atoms with E-state index in [4.69, 9.17) is 19.7 Å². The number of urea groups is 1. The van der Waals surface area contributed by atoms with Crippen LogP contribution in [0.2, 0.25) is 0 Å². The maximum absolute atomic E-state index is 12.3. The van der Waals surface area contributed by atoms with Crippen LogP contribution < -0.4 is 20.4 Å². The van der Waals surface area contributed by atoms with Gasteiger partial charge in [-0.3, -0.25) is 0 Å². The molecule has 4 heterocycles. The fourth-order valence-electron chi connectivity index (χ4n) is 4.14. The Balaban J connectivity index is 1.36. The van der Waals surface area contributed by atoms with Crippen molar-refractivity contribution in [2.24, 2.45) is 0 Å². The van der Waals surface area contributed by atoms with Crippen molar-refractivity contribution in [2.45, 2.75) is 6.42 Å². The number of ether oxygens (including phenoxy) is 1. The first-order valence-electron chi connectivity index (χ1n) is 12.1. The largest absolute Gasteiger partial charge is 0.378 e. The van der Waals surface area contributed by atoms with Crippen LogP contribution in [0, 0.1) is 0 Å². The number of nitrogens with zero attached hydrogens (tertiary/aromatic N) is 8. The normalized spacial score (nSPS) is 16.9. The van der Waals surface area contributed by atoms with Gasteiger partial charge in [0.2, 0.25) is 11.9 Å². The average molecular weight is 491 g/mol. The molecule has 0 bridgehead atoms. The Morgan fingerprint density at radius 2 is 1.53 bits per heavy atom. The highest BCUT2D eigenvalue weighted by Crippen LogP contribution is 2.24. The fraction of sp³-hybridized carbons (Fsp3) is 0.417. The third-order valence-electron chi connectivity index (χ3n) is 6.15. The van der Waals surface area contributed by atoms with E-state index in [1.54, 1.807) is 6.07 Å². The predicted molar refractivity (Wildman–Crippen MR) is 137 cm³/mol. The van der Waals surface area contributed by atoms with Crippen LogP contribution in [0.15, 0.2) is 42.7 Å². The summed E-state index contributed by atoms with van der Waals surface area (Å²) >= 11 is 0. The van der Waals surface area contributed by atoms with E-state index in [-0.39, 0.29) is 6.03 Å². The lowest BCUT2D eigenvalue weighted by Gasteiger charge is -2.28. The smallest absolute Gasteiger partial charge is 0.323 e. The van der Waals surface area contributed by atoms with Gasteiger partial charge in [0.1, 0.15) is 0 Å². The molecule has 2 saturated heterocycles. The van der Waals surface area contributed by atoms with Gasteiger partial charge in [-0.25, -0.2) is 4.79 Å². The van der Waals surface area contributed by atoms with Gasteiger partial charge in [0, 0.05) is 44.0 Å². The summed E-state index contributed by atoms with van der Waals surface area (Å²) in [6.07, 6.45) is 4.06. The number of aromatic nitrogens is 5. The Hall–Kier alpha value is -3.90. The van der Waals surface area contributed by atoms with E-state index >= 15 is 0 Å². The van der Waals surface area contributed by atoms with Gasteiger partial charge >= 0.3 is 6.03 Å². The minimum absolute atomic E-state index is 0.362. The van der Waals surface area contributed by atoms with Crippen LogP contribution in [0.3, 0.4) is 0 Å². The maximum Gasteiger partial charge on any atom is 0.323 e. The number of anilines is 4. The maximum atomic E-state index is 12.3. The molecule has 2 N–H and O–H groups in total. The topological polar surface area (TPSA) is 125 Å². The van der Waals surface area contributed by atoms with Gasteiger partial charge < -0.3 is 30.1 Å². The molecule has 12 nitrogen and oxygen atoms in total. The van der Waals surface area contributed by atoms with Crippen molar-refractivity contribution in [3.05, 3.63) is 42.7 Å². The molecule has 0 atom stereocenters. The van der Waals surface area contributed by atoms with E-state index < -0.39 is 0 Å². The molecule has 0 aliphatic carbocycles. The zero-order valence-electron chi connectivity index (χ0n) is 20.3. The number of carbonyl (C=O) groups excluding carboxylic acids is 1. The lowest BCUT2D eigenvalue weighted by atomic mass is 10.2. The number of rotatable bonds is 5. The number of nitrogens with one attached hydrogen (secondary N) is 2. The number of likely N-dealkylation sites (N-methyl/N-ethyl adjacent to an activating group) is 1. The van der Waals surface area contributed by atoms with E-state index in [1.807, 2.05) is 24.3 Å². The Morgan fingerprint density at radius 3 is 2.25 bits per heavy atom. The number of carbonyl (C=O) groups is 1. The van der Waals surface area contributed by atoms with Gasteiger partial charge in [-0.15, -0.1) is 0 Å². The molecule has 12 heteroatoms. The molecule has 188 valence electrons. The molecule has 2 aliphatic rings. The Morgan fingerprint density at radius 1 is 0.806 bits per heavy atom. The molecule has 36 heavy (non-hydrogen) atoms. The number of hydrogen-bond donors (Lipinski definition) is 2. The van der Waals surface area contributed by atoms with Crippen molar-refractivity contribution < 1.29 is 9.53 Å². The average Bonchev–Trinajstić information content (AvgIpc) is 3.14. The molecule has 0 radical (unpaired) electrons. The van der Waals surface area contributed by atoms with Gasteiger partial charge in [0.05, 0.1) is 31.3 Å². The van der Waals surface area contributed by atoms with Crippen LogP contribution in [0.4, 0.5) is 28.1 Å². The summed E-state index contributed by atoms with van der Waals surface area (Å²) in [6.45, 7) is 6.60. The number of amides is 2. The van der Waals surface area contributed by atoms with E-state index in [1.165, 1.54) is 12.4 Å². The SMILES string of the molecule is CN1CCCN(c2nc(-c3ccc(NC(=O)Nc4ccnnc4)cc3)nc(N3CCOCC3)n2)CC1. The van der Waals surface area contributed by atoms with Crippen molar-refractivity contribution in [2.75, 3.05) is 80.0 Å². The minimum Gasteiger partial charge on any atom is -0.378 e. The molecule has 1 aromatic carbocycles. The van der Waals surface area contributed by atoms with E-state index in [2.05, 4.69) is 42.6 Å². The van der Waals surface area contributed by atoms with Crippen LogP contribution in [0.1, 0.15) is 6.42 Å². The molecule has 5 rings (SSSR count). The first-order valence-corrected chi connectivity index (χ1v) is 12.1. The van der Waals surface area contributed by atoms with Crippen molar-refractivity contribution in [3.8, 4) is 11.4 Å². The Kier molecular flexibility index (Phi) is 7.43. The fourth-order valence-corrected chi connectivity index (χ4v) is 4.14. The second kappa shape index (κ2) is 11.2. The lowest BCUT2D eigenvalue weighted by Crippen LogP contribution is -2.38. The zero-order chi connectivity index (χ0) is 24.7. The summed E-state index contributed by atoms with van der Waals surface area (Å²) in [7, 11) is 2.14.